The quantitative estimate of drug-likeness (QED) is 0.0377. The summed E-state index contributed by atoms with van der Waals surface area (Å²) in [5.74, 6) is -0.978. The molecule has 7 heteroatoms. The van der Waals surface area contributed by atoms with E-state index in [2.05, 4.69) is 73.8 Å². The summed E-state index contributed by atoms with van der Waals surface area (Å²) in [5.41, 5.74) is 0. The first-order valence-corrected chi connectivity index (χ1v) is 20.1. The summed E-state index contributed by atoms with van der Waals surface area (Å²) in [6, 6.07) is -1.00. The molecular weight excluding hydrogens is 594 g/mol. The van der Waals surface area contributed by atoms with Crippen LogP contribution < -0.4 is 5.32 Å². The third kappa shape index (κ3) is 33.4. The van der Waals surface area contributed by atoms with Gasteiger partial charge in [0.2, 0.25) is 5.91 Å². The number of hydrogen-bond acceptors (Lipinski definition) is 4. The third-order valence-corrected chi connectivity index (χ3v) is 8.77. The molecule has 0 fully saturated rings. The zero-order valence-corrected chi connectivity index (χ0v) is 30.2. The van der Waals surface area contributed by atoms with E-state index in [9.17, 15) is 22.9 Å². The van der Waals surface area contributed by atoms with E-state index in [1.807, 2.05) is 6.08 Å². The molecule has 2 unspecified atom stereocenters. The molecule has 0 heterocycles. The molecule has 0 aliphatic heterocycles. The molecule has 46 heavy (non-hydrogen) atoms. The molecule has 3 N–H and O–H groups in total. The molecule has 0 bridgehead atoms. The first-order valence-electron chi connectivity index (χ1n) is 18.5. The third-order valence-electron chi connectivity index (χ3n) is 7.99. The lowest BCUT2D eigenvalue weighted by Crippen LogP contribution is -2.47. The van der Waals surface area contributed by atoms with Crippen LogP contribution in [-0.2, 0) is 14.9 Å². The number of allylic oxidation sites excluding steroid dienone is 10. The maximum Gasteiger partial charge on any atom is 0.266 e. The normalized spacial score (nSPS) is 14.1. The van der Waals surface area contributed by atoms with Gasteiger partial charge in [-0.05, 0) is 51.4 Å². The molecule has 1 amide bonds. The highest BCUT2D eigenvalue weighted by atomic mass is 32.2. The van der Waals surface area contributed by atoms with Crippen LogP contribution in [0.4, 0.5) is 0 Å². The van der Waals surface area contributed by atoms with Crippen molar-refractivity contribution in [2.45, 2.75) is 174 Å². The van der Waals surface area contributed by atoms with E-state index >= 15 is 0 Å². The van der Waals surface area contributed by atoms with Gasteiger partial charge in [0.25, 0.3) is 10.1 Å². The van der Waals surface area contributed by atoms with Crippen molar-refractivity contribution in [3.63, 3.8) is 0 Å². The Labute approximate surface area is 283 Å². The Morgan fingerprint density at radius 1 is 0.609 bits per heavy atom. The Morgan fingerprint density at radius 2 is 1.02 bits per heavy atom. The van der Waals surface area contributed by atoms with Crippen LogP contribution in [0.1, 0.15) is 162 Å². The minimum Gasteiger partial charge on any atom is -0.391 e. The number of carbonyl (C=O) groups excluding carboxylic acids is 1. The minimum absolute atomic E-state index is 0.238. The van der Waals surface area contributed by atoms with Gasteiger partial charge in [-0.1, -0.05) is 164 Å². The van der Waals surface area contributed by atoms with Crippen LogP contribution >= 0.6 is 0 Å². The lowest BCUT2D eigenvalue weighted by Gasteiger charge is -2.23. The molecule has 6 nitrogen and oxygen atoms in total. The summed E-state index contributed by atoms with van der Waals surface area (Å²) >= 11 is 0. The maximum atomic E-state index is 12.5. The van der Waals surface area contributed by atoms with Crippen LogP contribution in [0.3, 0.4) is 0 Å². The van der Waals surface area contributed by atoms with Crippen LogP contribution in [0, 0.1) is 0 Å². The van der Waals surface area contributed by atoms with Gasteiger partial charge in [-0.25, -0.2) is 0 Å². The van der Waals surface area contributed by atoms with Gasteiger partial charge in [0, 0.05) is 6.42 Å². The SMILES string of the molecule is CC/C=C\C/C=C\C/C=C\C/C=C\C/C=C\CCCC(=O)NC(CS(=O)(=O)O)C(O)CCCCCCCCCCCCCCCC. The molecule has 0 aliphatic carbocycles. The number of hydrogen-bond donors (Lipinski definition) is 3. The van der Waals surface area contributed by atoms with Gasteiger partial charge in [-0.2, -0.15) is 8.42 Å². The Balaban J connectivity index is 4.06. The predicted octanol–water partition coefficient (Wildman–Crippen LogP) is 10.5. The van der Waals surface area contributed by atoms with Gasteiger partial charge in [-0.3, -0.25) is 9.35 Å². The summed E-state index contributed by atoms with van der Waals surface area (Å²) in [7, 11) is -4.33. The molecule has 0 saturated carbocycles. The molecule has 0 aromatic rings. The molecule has 0 radical (unpaired) electrons. The smallest absolute Gasteiger partial charge is 0.266 e. The standard InChI is InChI=1S/C39H69NO5S/c1-3-5-7-9-11-13-15-17-19-20-21-23-25-27-29-31-33-35-39(42)40-37(36-46(43,44)45)38(41)34-32-30-28-26-24-22-18-16-14-12-10-8-6-4-2/h5,7,11,13,17,19,21,23,27,29,37-38,41H,3-4,6,8-10,12,14-16,18,20,22,24-26,28,30-36H2,1-2H3,(H,40,42)(H,43,44,45)/b7-5-,13-11-,19-17-,23-21-,29-27-. The van der Waals surface area contributed by atoms with E-state index in [4.69, 9.17) is 0 Å². The Kier molecular flexibility index (Phi) is 31.6. The Morgan fingerprint density at radius 3 is 1.46 bits per heavy atom. The number of rotatable bonds is 32. The van der Waals surface area contributed by atoms with Gasteiger partial charge in [0.15, 0.2) is 0 Å². The summed E-state index contributed by atoms with van der Waals surface area (Å²) in [6.45, 7) is 4.39. The van der Waals surface area contributed by atoms with E-state index in [1.54, 1.807) is 0 Å². The fourth-order valence-electron chi connectivity index (χ4n) is 5.25. The van der Waals surface area contributed by atoms with E-state index in [-0.39, 0.29) is 12.3 Å². The summed E-state index contributed by atoms with van der Waals surface area (Å²) < 4.78 is 32.4. The van der Waals surface area contributed by atoms with Crippen molar-refractivity contribution >= 4 is 16.0 Å². The highest BCUT2D eigenvalue weighted by Crippen LogP contribution is 2.15. The second-order valence-corrected chi connectivity index (χ2v) is 14.0. The summed E-state index contributed by atoms with van der Waals surface area (Å²) in [6.07, 6.45) is 44.5. The summed E-state index contributed by atoms with van der Waals surface area (Å²) in [4.78, 5) is 12.5. The fraction of sp³-hybridized carbons (Fsp3) is 0.718. The second kappa shape index (κ2) is 33.0. The molecule has 0 aromatic carbocycles. The lowest BCUT2D eigenvalue weighted by molar-refractivity contribution is -0.122. The number of aliphatic hydroxyl groups excluding tert-OH is 1. The number of unbranched alkanes of at least 4 members (excludes halogenated alkanes) is 14. The van der Waals surface area contributed by atoms with Gasteiger partial charge in [-0.15, -0.1) is 0 Å². The molecule has 0 aliphatic rings. The van der Waals surface area contributed by atoms with Crippen LogP contribution in [0.5, 0.6) is 0 Å². The minimum atomic E-state index is -4.33. The van der Waals surface area contributed by atoms with Crippen molar-refractivity contribution in [2.24, 2.45) is 0 Å². The Bertz CT molecular complexity index is 951. The molecule has 266 valence electrons. The predicted molar refractivity (Wildman–Crippen MR) is 198 cm³/mol. The van der Waals surface area contributed by atoms with Crippen molar-refractivity contribution in [1.82, 2.24) is 5.32 Å². The molecular formula is C39H69NO5S. The first kappa shape index (κ1) is 44.0. The van der Waals surface area contributed by atoms with Gasteiger partial charge in [0.1, 0.15) is 0 Å². The fourth-order valence-corrected chi connectivity index (χ4v) is 6.01. The monoisotopic (exact) mass is 663 g/mol. The zero-order chi connectivity index (χ0) is 34.0. The maximum absolute atomic E-state index is 12.5. The molecule has 0 spiro atoms. The van der Waals surface area contributed by atoms with Crippen molar-refractivity contribution in [1.29, 1.82) is 0 Å². The number of amides is 1. The molecule has 0 saturated heterocycles. The van der Waals surface area contributed by atoms with Gasteiger partial charge < -0.3 is 10.4 Å². The first-order chi connectivity index (χ1) is 22.3. The van der Waals surface area contributed by atoms with Gasteiger partial charge in [0.05, 0.1) is 17.9 Å². The molecule has 0 rings (SSSR count). The molecule has 2 atom stereocenters. The largest absolute Gasteiger partial charge is 0.391 e. The van der Waals surface area contributed by atoms with Crippen LogP contribution in [0.15, 0.2) is 60.8 Å². The van der Waals surface area contributed by atoms with Crippen LogP contribution in [0.2, 0.25) is 0 Å². The van der Waals surface area contributed by atoms with E-state index in [0.29, 0.717) is 12.8 Å². The number of nitrogens with one attached hydrogen (secondary N) is 1. The van der Waals surface area contributed by atoms with E-state index < -0.39 is 28.0 Å². The van der Waals surface area contributed by atoms with Crippen LogP contribution in [-0.4, -0.2) is 41.9 Å². The van der Waals surface area contributed by atoms with Crippen molar-refractivity contribution in [3.8, 4) is 0 Å². The molecule has 0 aromatic heterocycles. The Hall–Kier alpha value is -1.96. The van der Waals surface area contributed by atoms with Crippen molar-refractivity contribution in [3.05, 3.63) is 60.8 Å². The average molecular weight is 664 g/mol. The van der Waals surface area contributed by atoms with Crippen molar-refractivity contribution in [2.75, 3.05) is 5.75 Å². The van der Waals surface area contributed by atoms with Crippen molar-refractivity contribution < 1.29 is 22.9 Å². The lowest BCUT2D eigenvalue weighted by atomic mass is 10.0. The highest BCUT2D eigenvalue weighted by Gasteiger charge is 2.25. The van der Waals surface area contributed by atoms with Crippen LogP contribution in [0.25, 0.3) is 0 Å². The van der Waals surface area contributed by atoms with Gasteiger partial charge >= 0.3 is 0 Å². The average Bonchev–Trinajstić information content (AvgIpc) is 3.01. The number of carbonyl (C=O) groups is 1. The topological polar surface area (TPSA) is 104 Å². The number of aliphatic hydroxyl groups is 1. The highest BCUT2D eigenvalue weighted by molar-refractivity contribution is 7.85. The zero-order valence-electron chi connectivity index (χ0n) is 29.4. The van der Waals surface area contributed by atoms with E-state index in [0.717, 1.165) is 57.8 Å². The summed E-state index contributed by atoms with van der Waals surface area (Å²) in [5, 5.41) is 13.3. The second-order valence-electron chi connectivity index (χ2n) is 12.5. The van der Waals surface area contributed by atoms with E-state index in [1.165, 1.54) is 70.6 Å².